The summed E-state index contributed by atoms with van der Waals surface area (Å²) >= 11 is 1.58. The average Bonchev–Trinajstić information content (AvgIpc) is 3.23. The number of thioether (sulfide) groups is 1. The Morgan fingerprint density at radius 1 is 1.11 bits per heavy atom. The van der Waals surface area contributed by atoms with Crippen LogP contribution in [-0.2, 0) is 10.0 Å². The Balaban J connectivity index is 1.80. The van der Waals surface area contributed by atoms with Gasteiger partial charge in [0, 0.05) is 35.5 Å². The van der Waals surface area contributed by atoms with Crippen molar-refractivity contribution in [3.05, 3.63) is 60.3 Å². The van der Waals surface area contributed by atoms with Crippen molar-refractivity contribution in [2.75, 3.05) is 26.5 Å². The van der Waals surface area contributed by atoms with Crippen LogP contribution in [0.3, 0.4) is 0 Å². The van der Waals surface area contributed by atoms with E-state index in [9.17, 15) is 8.42 Å². The molecule has 0 N–H and O–H groups in total. The molecule has 1 saturated heterocycles. The molecule has 1 aromatic heterocycles. The van der Waals surface area contributed by atoms with E-state index in [0.717, 1.165) is 10.9 Å². The fourth-order valence-corrected chi connectivity index (χ4v) is 6.80. The largest absolute Gasteiger partial charge is 0.497 e. The van der Waals surface area contributed by atoms with Crippen LogP contribution in [0.25, 0.3) is 10.9 Å². The number of hydrogen-bond donors (Lipinski definition) is 0. The third-order valence-electron chi connectivity index (χ3n) is 4.74. The molecule has 1 atom stereocenters. The lowest BCUT2D eigenvalue weighted by atomic mass is 10.2. The van der Waals surface area contributed by atoms with Crippen molar-refractivity contribution in [2.24, 2.45) is 0 Å². The zero-order valence-electron chi connectivity index (χ0n) is 15.5. The van der Waals surface area contributed by atoms with E-state index in [-0.39, 0.29) is 10.3 Å². The molecule has 6 nitrogen and oxygen atoms in total. The number of hydrogen-bond acceptors (Lipinski definition) is 6. The molecule has 3 aromatic rings. The number of para-hydroxylation sites is 1. The molecule has 1 aliphatic rings. The van der Waals surface area contributed by atoms with Crippen LogP contribution in [0.4, 0.5) is 0 Å². The van der Waals surface area contributed by atoms with E-state index < -0.39 is 10.0 Å². The second-order valence-corrected chi connectivity index (χ2v) is 9.33. The van der Waals surface area contributed by atoms with Gasteiger partial charge in [-0.3, -0.25) is 4.98 Å². The van der Waals surface area contributed by atoms with Gasteiger partial charge in [-0.15, -0.1) is 11.8 Å². The topological polar surface area (TPSA) is 68.7 Å². The Hall–Kier alpha value is -2.29. The van der Waals surface area contributed by atoms with Gasteiger partial charge in [-0.05, 0) is 24.3 Å². The van der Waals surface area contributed by atoms with Crippen LogP contribution in [0.2, 0.25) is 0 Å². The van der Waals surface area contributed by atoms with E-state index in [2.05, 4.69) is 4.98 Å². The van der Waals surface area contributed by atoms with Crippen molar-refractivity contribution < 1.29 is 17.9 Å². The standard InChI is InChI=1S/C20H20N2O4S2/c1-25-15-8-9-16(17(13-15)26-2)20-22(11-12-27-20)28(23,24)18-7-3-5-14-6-4-10-21-19(14)18/h3-10,13,20H,11-12H2,1-2H3. The SMILES string of the molecule is COc1ccc(C2SCCN2S(=O)(=O)c2cccc3cccnc23)c(OC)c1. The van der Waals surface area contributed by atoms with Gasteiger partial charge in [0.05, 0.1) is 25.1 Å². The molecule has 1 unspecified atom stereocenters. The van der Waals surface area contributed by atoms with Gasteiger partial charge in [0.15, 0.2) is 0 Å². The van der Waals surface area contributed by atoms with Crippen LogP contribution >= 0.6 is 11.8 Å². The highest BCUT2D eigenvalue weighted by molar-refractivity contribution is 8.01. The number of fused-ring (bicyclic) bond motifs is 1. The second-order valence-electron chi connectivity index (χ2n) is 6.28. The summed E-state index contributed by atoms with van der Waals surface area (Å²) in [7, 11) is -0.579. The van der Waals surface area contributed by atoms with Crippen molar-refractivity contribution in [1.29, 1.82) is 0 Å². The zero-order chi connectivity index (χ0) is 19.7. The van der Waals surface area contributed by atoms with E-state index in [1.807, 2.05) is 24.3 Å². The highest BCUT2D eigenvalue weighted by Gasteiger charge is 2.39. The lowest BCUT2D eigenvalue weighted by molar-refractivity contribution is 0.379. The van der Waals surface area contributed by atoms with Crippen LogP contribution in [0, 0.1) is 0 Å². The molecule has 0 radical (unpaired) electrons. The first kappa shape index (κ1) is 19.0. The van der Waals surface area contributed by atoms with Gasteiger partial charge in [-0.1, -0.05) is 18.2 Å². The van der Waals surface area contributed by atoms with Crippen LogP contribution in [-0.4, -0.2) is 44.2 Å². The molecule has 28 heavy (non-hydrogen) atoms. The Labute approximate surface area is 168 Å². The van der Waals surface area contributed by atoms with Crippen LogP contribution < -0.4 is 9.47 Å². The van der Waals surface area contributed by atoms with Gasteiger partial charge < -0.3 is 9.47 Å². The van der Waals surface area contributed by atoms with Crippen LogP contribution in [0.1, 0.15) is 10.9 Å². The molecule has 2 aromatic carbocycles. The van der Waals surface area contributed by atoms with Crippen molar-refractivity contribution >= 4 is 32.7 Å². The second kappa shape index (κ2) is 7.62. The van der Waals surface area contributed by atoms with E-state index in [0.29, 0.717) is 29.3 Å². The highest BCUT2D eigenvalue weighted by atomic mass is 32.2. The Morgan fingerprint density at radius 3 is 2.71 bits per heavy atom. The predicted molar refractivity (Wildman–Crippen MR) is 110 cm³/mol. The van der Waals surface area contributed by atoms with Crippen molar-refractivity contribution in [1.82, 2.24) is 9.29 Å². The molecule has 0 spiro atoms. The summed E-state index contributed by atoms with van der Waals surface area (Å²) in [6.07, 6.45) is 1.62. The summed E-state index contributed by atoms with van der Waals surface area (Å²) in [5.41, 5.74) is 1.30. The molecule has 4 rings (SSSR count). The number of pyridine rings is 1. The molecule has 0 aliphatic carbocycles. The van der Waals surface area contributed by atoms with E-state index in [4.69, 9.17) is 9.47 Å². The normalized spacial score (nSPS) is 17.7. The Kier molecular flexibility index (Phi) is 5.18. The first-order valence-electron chi connectivity index (χ1n) is 8.75. The lowest BCUT2D eigenvalue weighted by Gasteiger charge is -2.25. The molecule has 0 bridgehead atoms. The van der Waals surface area contributed by atoms with Crippen LogP contribution in [0.5, 0.6) is 11.5 Å². The third kappa shape index (κ3) is 3.21. The zero-order valence-corrected chi connectivity index (χ0v) is 17.2. The molecule has 146 valence electrons. The monoisotopic (exact) mass is 416 g/mol. The van der Waals surface area contributed by atoms with Gasteiger partial charge in [-0.25, -0.2) is 8.42 Å². The van der Waals surface area contributed by atoms with Crippen LogP contribution in [0.15, 0.2) is 59.6 Å². The predicted octanol–water partition coefficient (Wildman–Crippen LogP) is 3.69. The maximum atomic E-state index is 13.6. The fraction of sp³-hybridized carbons (Fsp3) is 0.250. The lowest BCUT2D eigenvalue weighted by Crippen LogP contribution is -2.31. The minimum Gasteiger partial charge on any atom is -0.497 e. The third-order valence-corrected chi connectivity index (χ3v) is 8.01. The molecule has 1 aliphatic heterocycles. The molecular weight excluding hydrogens is 396 g/mol. The summed E-state index contributed by atoms with van der Waals surface area (Å²) in [4.78, 5) is 4.55. The fourth-order valence-electron chi connectivity index (χ4n) is 3.38. The summed E-state index contributed by atoms with van der Waals surface area (Å²) < 4.78 is 39.4. The van der Waals surface area contributed by atoms with Gasteiger partial charge in [0.2, 0.25) is 10.0 Å². The van der Waals surface area contributed by atoms with Gasteiger partial charge in [-0.2, -0.15) is 4.31 Å². The minimum atomic E-state index is -3.74. The molecule has 2 heterocycles. The molecule has 1 fully saturated rings. The first-order chi connectivity index (χ1) is 13.6. The minimum absolute atomic E-state index is 0.227. The van der Waals surface area contributed by atoms with E-state index >= 15 is 0 Å². The maximum Gasteiger partial charge on any atom is 0.246 e. The molecular formula is C20H20N2O4S2. The van der Waals surface area contributed by atoms with E-state index in [1.54, 1.807) is 56.4 Å². The van der Waals surface area contributed by atoms with Crippen molar-refractivity contribution in [3.63, 3.8) is 0 Å². The molecule has 0 saturated carbocycles. The number of rotatable bonds is 5. The Bertz CT molecular complexity index is 1110. The average molecular weight is 417 g/mol. The van der Waals surface area contributed by atoms with Gasteiger partial charge in [0.25, 0.3) is 0 Å². The quantitative estimate of drug-likeness (QED) is 0.632. The summed E-state index contributed by atoms with van der Waals surface area (Å²) in [6, 6.07) is 14.4. The van der Waals surface area contributed by atoms with Gasteiger partial charge in [0.1, 0.15) is 16.4 Å². The first-order valence-corrected chi connectivity index (χ1v) is 11.2. The summed E-state index contributed by atoms with van der Waals surface area (Å²) in [5.74, 6) is 1.98. The van der Waals surface area contributed by atoms with E-state index in [1.165, 1.54) is 4.31 Å². The highest BCUT2D eigenvalue weighted by Crippen LogP contribution is 2.45. The number of nitrogens with zero attached hydrogens (tertiary/aromatic N) is 2. The number of methoxy groups -OCH3 is 2. The van der Waals surface area contributed by atoms with Gasteiger partial charge >= 0.3 is 0 Å². The number of benzene rings is 2. The summed E-state index contributed by atoms with van der Waals surface area (Å²) in [6.45, 7) is 0.427. The smallest absolute Gasteiger partial charge is 0.246 e. The number of aromatic nitrogens is 1. The van der Waals surface area contributed by atoms with Crippen molar-refractivity contribution in [3.8, 4) is 11.5 Å². The summed E-state index contributed by atoms with van der Waals surface area (Å²) in [5, 5.41) is 0.429. The molecule has 8 heteroatoms. The van der Waals surface area contributed by atoms with Crippen molar-refractivity contribution in [2.45, 2.75) is 10.3 Å². The number of sulfonamides is 1. The Morgan fingerprint density at radius 2 is 1.93 bits per heavy atom. The number of ether oxygens (including phenoxy) is 2. The molecule has 0 amide bonds. The maximum absolute atomic E-state index is 13.6.